The lowest BCUT2D eigenvalue weighted by atomic mass is 10.0. The second-order valence-corrected chi connectivity index (χ2v) is 11.9. The van der Waals surface area contributed by atoms with Crippen LogP contribution in [0.1, 0.15) is 17.1 Å². The van der Waals surface area contributed by atoms with Crippen LogP contribution in [0.3, 0.4) is 0 Å². The molecular formula is C25H19Cl4N7O2S. The van der Waals surface area contributed by atoms with Crippen LogP contribution in [0.5, 0.6) is 0 Å². The molecule has 0 atom stereocenters. The average Bonchev–Trinajstić information content (AvgIpc) is 3.46. The van der Waals surface area contributed by atoms with Crippen LogP contribution in [0.25, 0.3) is 16.9 Å². The van der Waals surface area contributed by atoms with Crippen LogP contribution in [0.15, 0.2) is 71.6 Å². The SMILES string of the molecule is Cn1nnnc1Cc1c(CNS(=O)(=O)c2cccc(Cl)c2)nn(-c2ccc(Cl)cc2Cl)c1-c1ccc(Cl)cc1. The molecule has 0 amide bonds. The minimum atomic E-state index is -3.91. The van der Waals surface area contributed by atoms with E-state index in [9.17, 15) is 8.42 Å². The molecule has 0 radical (unpaired) electrons. The van der Waals surface area contributed by atoms with Crippen LogP contribution in [-0.4, -0.2) is 38.4 Å². The van der Waals surface area contributed by atoms with Crippen LogP contribution >= 0.6 is 46.4 Å². The van der Waals surface area contributed by atoms with Gasteiger partial charge in [-0.3, -0.25) is 0 Å². The molecule has 0 saturated carbocycles. The lowest BCUT2D eigenvalue weighted by molar-refractivity contribution is 0.579. The Bertz CT molecular complexity index is 1770. The zero-order chi connectivity index (χ0) is 27.7. The summed E-state index contributed by atoms with van der Waals surface area (Å²) in [6.45, 7) is -0.131. The Morgan fingerprint density at radius 1 is 0.897 bits per heavy atom. The quantitative estimate of drug-likeness (QED) is 0.236. The van der Waals surface area contributed by atoms with E-state index in [0.717, 1.165) is 5.56 Å². The monoisotopic (exact) mass is 621 g/mol. The van der Waals surface area contributed by atoms with Gasteiger partial charge in [0.05, 0.1) is 33.5 Å². The van der Waals surface area contributed by atoms with Crippen molar-refractivity contribution in [3.8, 4) is 16.9 Å². The third kappa shape index (κ3) is 5.96. The van der Waals surface area contributed by atoms with Crippen LogP contribution in [0, 0.1) is 0 Å². The van der Waals surface area contributed by atoms with E-state index in [2.05, 4.69) is 20.2 Å². The van der Waals surface area contributed by atoms with Gasteiger partial charge in [-0.15, -0.1) is 5.10 Å². The van der Waals surface area contributed by atoms with Crippen molar-refractivity contribution in [1.29, 1.82) is 0 Å². The highest BCUT2D eigenvalue weighted by molar-refractivity contribution is 7.89. The summed E-state index contributed by atoms with van der Waals surface area (Å²) in [6.07, 6.45) is 0.251. The molecule has 2 heterocycles. The molecular weight excluding hydrogens is 604 g/mol. The molecule has 0 spiro atoms. The van der Waals surface area contributed by atoms with Gasteiger partial charge in [-0.05, 0) is 59.0 Å². The van der Waals surface area contributed by atoms with Crippen molar-refractivity contribution < 1.29 is 8.42 Å². The molecule has 0 saturated heterocycles. The average molecular weight is 623 g/mol. The first kappa shape index (κ1) is 27.6. The van der Waals surface area contributed by atoms with Gasteiger partial charge in [0.1, 0.15) is 0 Å². The van der Waals surface area contributed by atoms with Crippen LogP contribution < -0.4 is 4.72 Å². The van der Waals surface area contributed by atoms with E-state index >= 15 is 0 Å². The van der Waals surface area contributed by atoms with Gasteiger partial charge in [0.2, 0.25) is 10.0 Å². The molecule has 1 N–H and O–H groups in total. The molecule has 0 unspecified atom stereocenters. The van der Waals surface area contributed by atoms with Gasteiger partial charge in [-0.2, -0.15) is 5.10 Å². The zero-order valence-corrected chi connectivity index (χ0v) is 24.0. The van der Waals surface area contributed by atoms with Crippen molar-refractivity contribution in [2.24, 2.45) is 7.05 Å². The first-order chi connectivity index (χ1) is 18.6. The highest BCUT2D eigenvalue weighted by atomic mass is 35.5. The topological polar surface area (TPSA) is 108 Å². The molecule has 2 aromatic heterocycles. The lowest BCUT2D eigenvalue weighted by Crippen LogP contribution is -2.24. The lowest BCUT2D eigenvalue weighted by Gasteiger charge is -2.12. The summed E-state index contributed by atoms with van der Waals surface area (Å²) in [5, 5.41) is 18.3. The van der Waals surface area contributed by atoms with Crippen molar-refractivity contribution in [3.05, 3.63) is 104 Å². The van der Waals surface area contributed by atoms with Gasteiger partial charge >= 0.3 is 0 Å². The Morgan fingerprint density at radius 3 is 2.28 bits per heavy atom. The highest BCUT2D eigenvalue weighted by Gasteiger charge is 2.25. The molecule has 5 rings (SSSR count). The van der Waals surface area contributed by atoms with Gasteiger partial charge < -0.3 is 0 Å². The second kappa shape index (κ2) is 11.2. The molecule has 3 aromatic carbocycles. The molecule has 0 fully saturated rings. The Hall–Kier alpha value is -2.99. The number of sulfonamides is 1. The molecule has 0 aliphatic rings. The first-order valence-corrected chi connectivity index (χ1v) is 14.4. The van der Waals surface area contributed by atoms with E-state index < -0.39 is 10.0 Å². The normalized spacial score (nSPS) is 11.7. The maximum Gasteiger partial charge on any atom is 0.240 e. The van der Waals surface area contributed by atoms with Gasteiger partial charge in [-0.25, -0.2) is 22.5 Å². The second-order valence-electron chi connectivity index (χ2n) is 8.47. The minimum Gasteiger partial charge on any atom is -0.232 e. The fourth-order valence-electron chi connectivity index (χ4n) is 3.99. The van der Waals surface area contributed by atoms with E-state index in [4.69, 9.17) is 51.5 Å². The highest BCUT2D eigenvalue weighted by Crippen LogP contribution is 2.34. The summed E-state index contributed by atoms with van der Waals surface area (Å²) >= 11 is 25.0. The van der Waals surface area contributed by atoms with Crippen LogP contribution in [-0.2, 0) is 30.0 Å². The van der Waals surface area contributed by atoms with Crippen molar-refractivity contribution in [1.82, 2.24) is 34.7 Å². The number of hydrogen-bond donors (Lipinski definition) is 1. The Kier molecular flexibility index (Phi) is 7.95. The smallest absolute Gasteiger partial charge is 0.232 e. The van der Waals surface area contributed by atoms with Gasteiger partial charge in [0.25, 0.3) is 0 Å². The molecule has 5 aromatic rings. The third-order valence-electron chi connectivity index (χ3n) is 5.90. The third-order valence-corrected chi connectivity index (χ3v) is 8.32. The maximum absolute atomic E-state index is 13.1. The maximum atomic E-state index is 13.1. The number of nitrogens with one attached hydrogen (secondary N) is 1. The number of hydrogen-bond acceptors (Lipinski definition) is 6. The Morgan fingerprint density at radius 2 is 1.62 bits per heavy atom. The number of tetrazole rings is 1. The Labute approximate surface area is 244 Å². The number of benzene rings is 3. The van der Waals surface area contributed by atoms with E-state index in [-0.39, 0.29) is 17.9 Å². The largest absolute Gasteiger partial charge is 0.240 e. The number of rotatable bonds is 8. The predicted octanol–water partition coefficient (Wildman–Crippen LogP) is 5.75. The van der Waals surface area contributed by atoms with Crippen LogP contribution in [0.2, 0.25) is 20.1 Å². The Balaban J connectivity index is 1.68. The molecule has 14 heteroatoms. The van der Waals surface area contributed by atoms with Crippen molar-refractivity contribution in [2.75, 3.05) is 0 Å². The van der Waals surface area contributed by atoms with Gasteiger partial charge in [0.15, 0.2) is 5.82 Å². The van der Waals surface area contributed by atoms with E-state index in [0.29, 0.717) is 48.6 Å². The van der Waals surface area contributed by atoms with Gasteiger partial charge in [-0.1, -0.05) is 64.6 Å². The number of aryl methyl sites for hydroxylation is 1. The fraction of sp³-hybridized carbons (Fsp3) is 0.120. The summed E-state index contributed by atoms with van der Waals surface area (Å²) < 4.78 is 32.0. The van der Waals surface area contributed by atoms with Crippen molar-refractivity contribution >= 4 is 56.4 Å². The van der Waals surface area contributed by atoms with Crippen molar-refractivity contribution in [3.63, 3.8) is 0 Å². The summed E-state index contributed by atoms with van der Waals surface area (Å²) in [4.78, 5) is 0.0344. The summed E-state index contributed by atoms with van der Waals surface area (Å²) in [6, 6.07) is 18.3. The minimum absolute atomic E-state index is 0.0344. The van der Waals surface area contributed by atoms with E-state index in [1.165, 1.54) is 16.8 Å². The molecule has 200 valence electrons. The number of aromatic nitrogens is 6. The zero-order valence-electron chi connectivity index (χ0n) is 20.2. The van der Waals surface area contributed by atoms with Crippen LogP contribution in [0.4, 0.5) is 0 Å². The van der Waals surface area contributed by atoms with E-state index in [1.54, 1.807) is 54.2 Å². The standard InChI is InChI=1S/C25H19Cl4N7O2S/c1-35-24(31-33-34-35)13-20-22(14-30-39(37,38)19-4-2-3-17(27)11-19)32-36(23-10-9-18(28)12-21(23)29)25(20)15-5-7-16(26)8-6-15/h2-12,30H,13-14H2,1H3. The predicted molar refractivity (Wildman–Crippen MR) is 151 cm³/mol. The summed E-state index contributed by atoms with van der Waals surface area (Å²) in [7, 11) is -2.19. The molecule has 0 aliphatic carbocycles. The van der Waals surface area contributed by atoms with Crippen molar-refractivity contribution in [2.45, 2.75) is 17.9 Å². The van der Waals surface area contributed by atoms with E-state index in [1.807, 2.05) is 12.1 Å². The number of halogens is 4. The molecule has 0 aliphatic heterocycles. The first-order valence-electron chi connectivity index (χ1n) is 11.4. The fourth-order valence-corrected chi connectivity index (χ4v) is 5.89. The number of nitrogens with zero attached hydrogens (tertiary/aromatic N) is 6. The molecule has 9 nitrogen and oxygen atoms in total. The van der Waals surface area contributed by atoms with Gasteiger partial charge in [0, 0.05) is 39.7 Å². The molecule has 39 heavy (non-hydrogen) atoms. The molecule has 0 bridgehead atoms. The summed E-state index contributed by atoms with van der Waals surface area (Å²) in [5.74, 6) is 0.547. The summed E-state index contributed by atoms with van der Waals surface area (Å²) in [5.41, 5.74) is 3.12.